The van der Waals surface area contributed by atoms with Crippen LogP contribution in [0.1, 0.15) is 33.6 Å². The van der Waals surface area contributed by atoms with E-state index in [2.05, 4.69) is 5.32 Å². The average molecular weight is 329 g/mol. The van der Waals surface area contributed by atoms with Crippen LogP contribution in [0.5, 0.6) is 0 Å². The molecule has 1 aliphatic heterocycles. The van der Waals surface area contributed by atoms with Gasteiger partial charge in [0.25, 0.3) is 5.91 Å². The summed E-state index contributed by atoms with van der Waals surface area (Å²) in [6, 6.07) is 5.48. The zero-order chi connectivity index (χ0) is 17.0. The molecule has 23 heavy (non-hydrogen) atoms. The Kier molecular flexibility index (Phi) is 5.25. The molecule has 3 N–H and O–H groups in total. The van der Waals surface area contributed by atoms with Gasteiger partial charge in [0.2, 0.25) is 5.91 Å². The minimum atomic E-state index is -4.24. The fraction of sp³-hybridized carbons (Fsp3) is 0.467. The first-order valence-corrected chi connectivity index (χ1v) is 7.24. The molecule has 2 rings (SSSR count). The van der Waals surface area contributed by atoms with Crippen molar-refractivity contribution >= 4 is 11.8 Å². The largest absolute Gasteiger partial charge is 0.401 e. The van der Waals surface area contributed by atoms with E-state index in [0.717, 1.165) is 0 Å². The van der Waals surface area contributed by atoms with Gasteiger partial charge < -0.3 is 11.1 Å². The van der Waals surface area contributed by atoms with Gasteiger partial charge in [-0.2, -0.15) is 13.2 Å². The highest BCUT2D eigenvalue weighted by Crippen LogP contribution is 2.20. The number of alkyl halides is 3. The predicted octanol–water partition coefficient (Wildman–Crippen LogP) is 1.54. The molecule has 1 heterocycles. The van der Waals surface area contributed by atoms with E-state index in [9.17, 15) is 22.8 Å². The van der Waals surface area contributed by atoms with Crippen LogP contribution in [0.4, 0.5) is 13.2 Å². The number of likely N-dealkylation sites (tertiary alicyclic amines) is 1. The van der Waals surface area contributed by atoms with Crippen LogP contribution in [-0.4, -0.2) is 48.6 Å². The highest BCUT2D eigenvalue weighted by molar-refractivity contribution is 5.97. The molecule has 1 fully saturated rings. The van der Waals surface area contributed by atoms with E-state index in [-0.39, 0.29) is 24.1 Å². The van der Waals surface area contributed by atoms with Crippen molar-refractivity contribution in [3.8, 4) is 0 Å². The van der Waals surface area contributed by atoms with Gasteiger partial charge >= 0.3 is 6.18 Å². The number of nitrogens with zero attached hydrogens (tertiary/aromatic N) is 1. The highest BCUT2D eigenvalue weighted by atomic mass is 19.4. The van der Waals surface area contributed by atoms with E-state index >= 15 is 0 Å². The Balaban J connectivity index is 1.92. The first-order valence-electron chi connectivity index (χ1n) is 7.24. The van der Waals surface area contributed by atoms with Gasteiger partial charge in [-0.25, -0.2) is 0 Å². The molecule has 5 nitrogen and oxygen atoms in total. The zero-order valence-electron chi connectivity index (χ0n) is 12.4. The summed E-state index contributed by atoms with van der Waals surface area (Å²) in [6.45, 7) is -0.420. The van der Waals surface area contributed by atoms with E-state index < -0.39 is 18.6 Å². The summed E-state index contributed by atoms with van der Waals surface area (Å²) < 4.78 is 37.3. The first kappa shape index (κ1) is 17.3. The smallest absolute Gasteiger partial charge is 0.366 e. The summed E-state index contributed by atoms with van der Waals surface area (Å²) >= 11 is 0. The zero-order valence-corrected chi connectivity index (χ0v) is 12.4. The van der Waals surface area contributed by atoms with Crippen molar-refractivity contribution in [1.82, 2.24) is 10.2 Å². The van der Waals surface area contributed by atoms with Gasteiger partial charge in [-0.15, -0.1) is 0 Å². The third-order valence-electron chi connectivity index (χ3n) is 3.68. The molecule has 0 radical (unpaired) electrons. The van der Waals surface area contributed by atoms with Crippen molar-refractivity contribution in [2.24, 2.45) is 5.73 Å². The number of piperidine rings is 1. The maximum atomic E-state index is 12.4. The van der Waals surface area contributed by atoms with Crippen molar-refractivity contribution in [1.29, 1.82) is 0 Å². The molecule has 0 unspecified atom stereocenters. The van der Waals surface area contributed by atoms with Gasteiger partial charge in [-0.3, -0.25) is 14.5 Å². The minimum Gasteiger partial charge on any atom is -0.366 e. The Morgan fingerprint density at radius 1 is 1.22 bits per heavy atom. The summed E-state index contributed by atoms with van der Waals surface area (Å²) in [5, 5.41) is 2.74. The maximum absolute atomic E-state index is 12.4. The summed E-state index contributed by atoms with van der Waals surface area (Å²) in [5.74, 6) is -0.966. The van der Waals surface area contributed by atoms with Gasteiger partial charge in [0.15, 0.2) is 0 Å². The van der Waals surface area contributed by atoms with Gasteiger partial charge in [0.05, 0.1) is 6.54 Å². The Bertz CT molecular complexity index is 572. The van der Waals surface area contributed by atoms with Crippen LogP contribution in [-0.2, 0) is 0 Å². The summed E-state index contributed by atoms with van der Waals surface area (Å²) in [7, 11) is 0. The van der Waals surface area contributed by atoms with Crippen LogP contribution in [0.15, 0.2) is 24.3 Å². The number of benzene rings is 1. The number of nitrogens with two attached hydrogens (primary N) is 1. The van der Waals surface area contributed by atoms with E-state index in [1.54, 1.807) is 0 Å². The number of amides is 2. The Labute approximate surface area is 131 Å². The number of nitrogens with one attached hydrogen (secondary N) is 1. The Hall–Kier alpha value is -2.09. The maximum Gasteiger partial charge on any atom is 0.401 e. The second-order valence-corrected chi connectivity index (χ2v) is 5.60. The summed E-state index contributed by atoms with van der Waals surface area (Å²) in [5.41, 5.74) is 5.74. The second kappa shape index (κ2) is 6.99. The summed E-state index contributed by atoms with van der Waals surface area (Å²) in [6.07, 6.45) is -3.00. The van der Waals surface area contributed by atoms with Crippen molar-refractivity contribution in [3.05, 3.63) is 35.4 Å². The van der Waals surface area contributed by atoms with Gasteiger partial charge in [-0.1, -0.05) is 0 Å². The lowest BCUT2D eigenvalue weighted by Crippen LogP contribution is -2.49. The lowest BCUT2D eigenvalue weighted by Gasteiger charge is -2.33. The lowest BCUT2D eigenvalue weighted by atomic mass is 10.0. The molecular formula is C15H18F3N3O2. The molecule has 126 valence electrons. The Morgan fingerprint density at radius 2 is 1.83 bits per heavy atom. The Morgan fingerprint density at radius 3 is 2.39 bits per heavy atom. The monoisotopic (exact) mass is 329 g/mol. The number of halogens is 3. The number of carbonyl (C=O) groups excluding carboxylic acids is 2. The van der Waals surface area contributed by atoms with Crippen molar-refractivity contribution in [3.63, 3.8) is 0 Å². The average Bonchev–Trinajstić information content (AvgIpc) is 2.46. The molecule has 1 aromatic carbocycles. The number of rotatable bonds is 4. The molecule has 1 aliphatic rings. The van der Waals surface area contributed by atoms with E-state index in [1.807, 2.05) is 0 Å². The topological polar surface area (TPSA) is 75.4 Å². The van der Waals surface area contributed by atoms with Gasteiger partial charge in [-0.05, 0) is 43.7 Å². The number of hydrogen-bond donors (Lipinski definition) is 2. The third kappa shape index (κ3) is 5.24. The molecule has 0 saturated carbocycles. The number of carbonyl (C=O) groups is 2. The molecule has 1 saturated heterocycles. The molecule has 1 aromatic rings. The van der Waals surface area contributed by atoms with E-state index in [4.69, 9.17) is 5.73 Å². The van der Waals surface area contributed by atoms with E-state index in [1.165, 1.54) is 29.2 Å². The molecule has 2 amide bonds. The predicted molar refractivity (Wildman–Crippen MR) is 77.9 cm³/mol. The first-order chi connectivity index (χ1) is 10.7. The summed E-state index contributed by atoms with van der Waals surface area (Å²) in [4.78, 5) is 24.4. The van der Waals surface area contributed by atoms with Gasteiger partial charge in [0.1, 0.15) is 0 Å². The minimum absolute atomic E-state index is 0.171. The second-order valence-electron chi connectivity index (χ2n) is 5.60. The molecule has 8 heteroatoms. The van der Waals surface area contributed by atoms with Gasteiger partial charge in [0, 0.05) is 23.7 Å². The molecule has 0 aromatic heterocycles. The van der Waals surface area contributed by atoms with Crippen LogP contribution in [0.3, 0.4) is 0 Å². The standard InChI is InChI=1S/C15H18F3N3O2/c16-15(17,18)9-21-7-1-2-12(8-21)20-14(23)11-5-3-10(4-6-11)13(19)22/h3-6,12H,1-2,7-9H2,(H2,19,22)(H,20,23)/t12-/m1/s1. The van der Waals surface area contributed by atoms with Crippen LogP contribution in [0, 0.1) is 0 Å². The fourth-order valence-corrected chi connectivity index (χ4v) is 2.63. The fourth-order valence-electron chi connectivity index (χ4n) is 2.63. The number of primary amides is 1. The normalized spacial score (nSPS) is 19.3. The van der Waals surface area contributed by atoms with Crippen LogP contribution < -0.4 is 11.1 Å². The molecule has 0 bridgehead atoms. The van der Waals surface area contributed by atoms with Crippen molar-refractivity contribution < 1.29 is 22.8 Å². The lowest BCUT2D eigenvalue weighted by molar-refractivity contribution is -0.148. The molecule has 0 spiro atoms. The van der Waals surface area contributed by atoms with E-state index in [0.29, 0.717) is 24.9 Å². The van der Waals surface area contributed by atoms with Crippen LogP contribution in [0.2, 0.25) is 0 Å². The quantitative estimate of drug-likeness (QED) is 0.880. The molecule has 0 aliphatic carbocycles. The molecular weight excluding hydrogens is 311 g/mol. The molecule has 1 atom stereocenters. The van der Waals surface area contributed by atoms with Crippen molar-refractivity contribution in [2.75, 3.05) is 19.6 Å². The third-order valence-corrected chi connectivity index (χ3v) is 3.68. The van der Waals surface area contributed by atoms with Crippen LogP contribution in [0.25, 0.3) is 0 Å². The number of hydrogen-bond acceptors (Lipinski definition) is 3. The highest BCUT2D eigenvalue weighted by Gasteiger charge is 2.33. The van der Waals surface area contributed by atoms with Crippen molar-refractivity contribution in [2.45, 2.75) is 25.1 Å². The SMILES string of the molecule is NC(=O)c1ccc(C(=O)N[C@@H]2CCCN(CC(F)(F)F)C2)cc1. The van der Waals surface area contributed by atoms with Crippen LogP contribution >= 0.6 is 0 Å².